The standard InChI is InChI=1S/C23H34N4O2S.HI/c1-4-24-22(26-17-23(2,28)21-11-8-14-30-21)25-16-20(27-12-5-6-13-27)18-9-7-10-19(15-18)29-3;/h7-11,14-15,20,28H,4-6,12-13,16-17H2,1-3H3,(H2,24,25,26);1H. The van der Waals surface area contributed by atoms with E-state index >= 15 is 0 Å². The van der Waals surface area contributed by atoms with Crippen LogP contribution in [-0.2, 0) is 5.60 Å². The Labute approximate surface area is 207 Å². The van der Waals surface area contributed by atoms with Crippen molar-refractivity contribution >= 4 is 41.3 Å². The van der Waals surface area contributed by atoms with Gasteiger partial charge in [-0.15, -0.1) is 35.3 Å². The molecular weight excluding hydrogens is 523 g/mol. The molecule has 8 heteroatoms. The molecule has 1 aliphatic rings. The second kappa shape index (κ2) is 12.6. The average Bonchev–Trinajstić information content (AvgIpc) is 3.47. The normalized spacial score (nSPS) is 17.5. The Kier molecular flexibility index (Phi) is 10.5. The highest BCUT2D eigenvalue weighted by atomic mass is 127. The zero-order chi connectivity index (χ0) is 21.4. The van der Waals surface area contributed by atoms with Crippen LogP contribution >= 0.6 is 35.3 Å². The molecule has 31 heavy (non-hydrogen) atoms. The first-order valence-electron chi connectivity index (χ1n) is 10.7. The summed E-state index contributed by atoms with van der Waals surface area (Å²) in [6.07, 6.45) is 2.47. The molecule has 0 amide bonds. The summed E-state index contributed by atoms with van der Waals surface area (Å²) in [5.41, 5.74) is 0.266. The summed E-state index contributed by atoms with van der Waals surface area (Å²) in [5, 5.41) is 19.6. The van der Waals surface area contributed by atoms with Gasteiger partial charge in [0.1, 0.15) is 11.4 Å². The van der Waals surface area contributed by atoms with Gasteiger partial charge in [0.05, 0.1) is 19.7 Å². The molecule has 0 radical (unpaired) electrons. The molecule has 3 N–H and O–H groups in total. The third-order valence-corrected chi connectivity index (χ3v) is 6.59. The monoisotopic (exact) mass is 558 g/mol. The van der Waals surface area contributed by atoms with E-state index in [2.05, 4.69) is 45.6 Å². The van der Waals surface area contributed by atoms with Crippen LogP contribution in [0.2, 0.25) is 0 Å². The third-order valence-electron chi connectivity index (χ3n) is 5.46. The maximum Gasteiger partial charge on any atom is 0.191 e. The van der Waals surface area contributed by atoms with Crippen molar-refractivity contribution in [1.29, 1.82) is 0 Å². The molecule has 1 aromatic heterocycles. The SMILES string of the molecule is CCNC(=NCC(C)(O)c1cccs1)NCC(c1cccc(OC)c1)N1CCCC1.I. The van der Waals surface area contributed by atoms with Crippen molar-refractivity contribution in [3.8, 4) is 5.75 Å². The Morgan fingerprint density at radius 3 is 2.68 bits per heavy atom. The van der Waals surface area contributed by atoms with Gasteiger partial charge >= 0.3 is 0 Å². The van der Waals surface area contributed by atoms with Gasteiger partial charge in [0.2, 0.25) is 0 Å². The number of rotatable bonds is 9. The van der Waals surface area contributed by atoms with E-state index in [0.29, 0.717) is 6.54 Å². The Morgan fingerprint density at radius 1 is 1.26 bits per heavy atom. The van der Waals surface area contributed by atoms with Gasteiger partial charge in [0, 0.05) is 18.0 Å². The number of halogens is 1. The third kappa shape index (κ3) is 7.34. The quantitative estimate of drug-likeness (QED) is 0.247. The van der Waals surface area contributed by atoms with E-state index in [1.54, 1.807) is 18.4 Å². The van der Waals surface area contributed by atoms with Crippen LogP contribution in [-0.4, -0.2) is 55.8 Å². The summed E-state index contributed by atoms with van der Waals surface area (Å²) in [6, 6.07) is 12.5. The van der Waals surface area contributed by atoms with Crippen LogP contribution in [0, 0.1) is 0 Å². The summed E-state index contributed by atoms with van der Waals surface area (Å²) in [7, 11) is 1.71. The van der Waals surface area contributed by atoms with Crippen LogP contribution < -0.4 is 15.4 Å². The Morgan fingerprint density at radius 2 is 2.03 bits per heavy atom. The van der Waals surface area contributed by atoms with E-state index in [0.717, 1.165) is 42.8 Å². The van der Waals surface area contributed by atoms with Crippen molar-refractivity contribution < 1.29 is 9.84 Å². The van der Waals surface area contributed by atoms with Gasteiger partial charge in [0.15, 0.2) is 5.96 Å². The first-order chi connectivity index (χ1) is 14.5. The number of hydrogen-bond donors (Lipinski definition) is 3. The Balaban J connectivity index is 0.00000341. The molecule has 1 aromatic carbocycles. The highest BCUT2D eigenvalue weighted by Crippen LogP contribution is 2.27. The number of thiophene rings is 1. The van der Waals surface area contributed by atoms with Crippen molar-refractivity contribution in [3.63, 3.8) is 0 Å². The fourth-order valence-electron chi connectivity index (χ4n) is 3.79. The largest absolute Gasteiger partial charge is 0.497 e. The summed E-state index contributed by atoms with van der Waals surface area (Å²) in [5.74, 6) is 1.60. The molecule has 3 rings (SSSR count). The molecule has 1 fully saturated rings. The number of nitrogens with one attached hydrogen (secondary N) is 2. The minimum Gasteiger partial charge on any atom is -0.497 e. The number of aliphatic imine (C=N–C) groups is 1. The van der Waals surface area contributed by atoms with Crippen LogP contribution in [0.3, 0.4) is 0 Å². The lowest BCUT2D eigenvalue weighted by atomic mass is 10.0. The fourth-order valence-corrected chi connectivity index (χ4v) is 4.57. The second-order valence-electron chi connectivity index (χ2n) is 7.86. The number of guanidine groups is 1. The van der Waals surface area contributed by atoms with Gasteiger partial charge in [-0.2, -0.15) is 0 Å². The van der Waals surface area contributed by atoms with Gasteiger partial charge in [-0.3, -0.25) is 4.90 Å². The van der Waals surface area contributed by atoms with Crippen LogP contribution in [0.15, 0.2) is 46.8 Å². The highest BCUT2D eigenvalue weighted by Gasteiger charge is 2.26. The summed E-state index contributed by atoms with van der Waals surface area (Å²) in [4.78, 5) is 8.12. The molecule has 6 nitrogen and oxygen atoms in total. The molecule has 1 saturated heterocycles. The number of methoxy groups -OCH3 is 1. The van der Waals surface area contributed by atoms with Crippen molar-refractivity contribution in [2.45, 2.75) is 38.3 Å². The number of benzene rings is 1. The smallest absolute Gasteiger partial charge is 0.191 e. The molecule has 0 bridgehead atoms. The Hall–Kier alpha value is -1.36. The van der Waals surface area contributed by atoms with E-state index in [1.165, 1.54) is 18.4 Å². The first-order valence-corrected chi connectivity index (χ1v) is 11.6. The predicted octanol–water partition coefficient (Wildman–Crippen LogP) is 3.97. The molecule has 2 aromatic rings. The van der Waals surface area contributed by atoms with Crippen LogP contribution in [0.1, 0.15) is 43.2 Å². The molecule has 2 atom stereocenters. The maximum atomic E-state index is 10.8. The summed E-state index contributed by atoms with van der Waals surface area (Å²) >= 11 is 1.55. The van der Waals surface area contributed by atoms with Crippen molar-refractivity contribution in [3.05, 3.63) is 52.2 Å². The molecule has 1 aliphatic heterocycles. The number of hydrogen-bond acceptors (Lipinski definition) is 5. The molecule has 2 heterocycles. The lowest BCUT2D eigenvalue weighted by Gasteiger charge is -2.29. The number of likely N-dealkylation sites (tertiary alicyclic amines) is 1. The summed E-state index contributed by atoms with van der Waals surface area (Å²) < 4.78 is 5.44. The minimum atomic E-state index is -0.975. The first kappa shape index (κ1) is 25.9. The van der Waals surface area contributed by atoms with Gasteiger partial charge in [0.25, 0.3) is 0 Å². The number of nitrogens with zero attached hydrogens (tertiary/aromatic N) is 2. The average molecular weight is 559 g/mol. The zero-order valence-corrected chi connectivity index (χ0v) is 21.8. The molecule has 0 spiro atoms. The van der Waals surface area contributed by atoms with Crippen molar-refractivity contribution in [2.75, 3.05) is 39.8 Å². The van der Waals surface area contributed by atoms with Gasteiger partial charge < -0.3 is 20.5 Å². The number of ether oxygens (including phenoxy) is 1. The topological polar surface area (TPSA) is 69.1 Å². The minimum absolute atomic E-state index is 0. The molecular formula is C23H35IN4O2S. The van der Waals surface area contributed by atoms with E-state index in [-0.39, 0.29) is 30.0 Å². The van der Waals surface area contributed by atoms with Crippen molar-refractivity contribution in [2.24, 2.45) is 4.99 Å². The van der Waals surface area contributed by atoms with E-state index in [4.69, 9.17) is 4.74 Å². The van der Waals surface area contributed by atoms with Crippen LogP contribution in [0.5, 0.6) is 5.75 Å². The fraction of sp³-hybridized carbons (Fsp3) is 0.522. The molecule has 0 saturated carbocycles. The van der Waals surface area contributed by atoms with Gasteiger partial charge in [-0.1, -0.05) is 18.2 Å². The van der Waals surface area contributed by atoms with Crippen LogP contribution in [0.4, 0.5) is 0 Å². The lowest BCUT2D eigenvalue weighted by molar-refractivity contribution is 0.0711. The van der Waals surface area contributed by atoms with Crippen molar-refractivity contribution in [1.82, 2.24) is 15.5 Å². The van der Waals surface area contributed by atoms with Gasteiger partial charge in [-0.05, 0) is 68.9 Å². The lowest BCUT2D eigenvalue weighted by Crippen LogP contribution is -2.43. The Bertz CT molecular complexity index is 808. The van der Waals surface area contributed by atoms with E-state index in [1.807, 2.05) is 30.5 Å². The van der Waals surface area contributed by atoms with Gasteiger partial charge in [-0.25, -0.2) is 4.99 Å². The molecule has 0 aliphatic carbocycles. The van der Waals surface area contributed by atoms with Crippen LogP contribution in [0.25, 0.3) is 0 Å². The highest BCUT2D eigenvalue weighted by molar-refractivity contribution is 14.0. The number of aliphatic hydroxyl groups is 1. The van der Waals surface area contributed by atoms with E-state index < -0.39 is 5.60 Å². The summed E-state index contributed by atoms with van der Waals surface area (Å²) in [6.45, 7) is 7.87. The zero-order valence-electron chi connectivity index (χ0n) is 18.6. The molecule has 172 valence electrons. The second-order valence-corrected chi connectivity index (χ2v) is 8.81. The maximum absolute atomic E-state index is 10.8. The van der Waals surface area contributed by atoms with E-state index in [9.17, 15) is 5.11 Å². The molecule has 2 unspecified atom stereocenters. The predicted molar refractivity (Wildman–Crippen MR) is 140 cm³/mol.